The molecule has 2 aliphatic rings. The number of halogens is 2. The lowest BCUT2D eigenvalue weighted by Gasteiger charge is -2.35. The molecule has 0 saturated carbocycles. The molecule has 2 fully saturated rings. The van der Waals surface area contributed by atoms with Crippen molar-refractivity contribution in [3.05, 3.63) is 58.9 Å². The van der Waals surface area contributed by atoms with Crippen molar-refractivity contribution in [3.8, 4) is 29.4 Å². The number of nitrogens with zero attached hydrogens (tertiary/aromatic N) is 3. The minimum atomic E-state index is -0.604. The fourth-order valence-electron chi connectivity index (χ4n) is 5.68. The van der Waals surface area contributed by atoms with Gasteiger partial charge in [0.15, 0.2) is 5.82 Å². The monoisotopic (exact) mass is 486 g/mol. The number of phenolic OH excluding ortho intramolecular Hbond substituents is 1. The first-order valence-corrected chi connectivity index (χ1v) is 11.8. The average Bonchev–Trinajstić information content (AvgIpc) is 3.11. The summed E-state index contributed by atoms with van der Waals surface area (Å²) in [6, 6.07) is 5.61. The number of anilines is 1. The summed E-state index contributed by atoms with van der Waals surface area (Å²) in [4.78, 5) is 11.3. The van der Waals surface area contributed by atoms with Gasteiger partial charge in [-0.05, 0) is 49.4 Å². The maximum atomic E-state index is 16.4. The van der Waals surface area contributed by atoms with E-state index in [1.54, 1.807) is 13.1 Å². The Morgan fingerprint density at radius 2 is 1.97 bits per heavy atom. The summed E-state index contributed by atoms with van der Waals surface area (Å²) in [6.45, 7) is 4.83. The van der Waals surface area contributed by atoms with E-state index in [9.17, 15) is 14.6 Å². The van der Waals surface area contributed by atoms with Crippen LogP contribution in [0.3, 0.4) is 0 Å². The maximum absolute atomic E-state index is 16.4. The summed E-state index contributed by atoms with van der Waals surface area (Å²) in [5, 5.41) is 25.8. The van der Waals surface area contributed by atoms with E-state index in [1.807, 2.05) is 6.92 Å². The summed E-state index contributed by atoms with van der Waals surface area (Å²) in [5.41, 5.74) is 1.52. The van der Waals surface area contributed by atoms with Crippen LogP contribution in [0.25, 0.3) is 32.8 Å². The zero-order valence-electron chi connectivity index (χ0n) is 19.8. The van der Waals surface area contributed by atoms with Crippen LogP contribution in [0.1, 0.15) is 23.2 Å². The highest BCUT2D eigenvalue weighted by Gasteiger charge is 2.39. The molecule has 2 aromatic carbocycles. The SMILES string of the molecule is C#Cc1c(F)ccc2cc(O)cc(-c3ncc4c(N5C[C@H]6C[C@@H](O)[C@@H](C5)N6)nc(C)c(C)c4c3F)c12. The Kier molecular flexibility index (Phi) is 5.11. The third-order valence-corrected chi connectivity index (χ3v) is 7.50. The molecule has 4 heterocycles. The third-order valence-electron chi connectivity index (χ3n) is 7.50. The zero-order chi connectivity index (χ0) is 25.3. The fourth-order valence-corrected chi connectivity index (χ4v) is 5.68. The second-order valence-electron chi connectivity index (χ2n) is 9.69. The molecule has 2 aliphatic heterocycles. The van der Waals surface area contributed by atoms with Crippen LogP contribution in [0.5, 0.6) is 5.75 Å². The molecule has 2 bridgehead atoms. The minimum Gasteiger partial charge on any atom is -0.508 e. The second kappa shape index (κ2) is 8.12. The molecule has 8 heteroatoms. The van der Waals surface area contributed by atoms with Gasteiger partial charge in [-0.3, -0.25) is 4.98 Å². The predicted octanol–water partition coefficient (Wildman–Crippen LogP) is 3.94. The lowest BCUT2D eigenvalue weighted by Crippen LogP contribution is -2.53. The molecule has 4 aromatic rings. The van der Waals surface area contributed by atoms with E-state index in [1.165, 1.54) is 24.3 Å². The molecule has 36 heavy (non-hydrogen) atoms. The van der Waals surface area contributed by atoms with Gasteiger partial charge in [0.05, 0.1) is 17.7 Å². The van der Waals surface area contributed by atoms with Crippen LogP contribution in [0, 0.1) is 37.8 Å². The van der Waals surface area contributed by atoms with Gasteiger partial charge in [0.1, 0.15) is 23.1 Å². The predicted molar refractivity (Wildman–Crippen MR) is 135 cm³/mol. The number of terminal acetylenes is 1. The van der Waals surface area contributed by atoms with E-state index in [2.05, 4.69) is 21.1 Å². The van der Waals surface area contributed by atoms with E-state index < -0.39 is 17.7 Å². The first-order valence-electron chi connectivity index (χ1n) is 11.8. The molecule has 0 spiro atoms. The van der Waals surface area contributed by atoms with Crippen LogP contribution in [-0.4, -0.2) is 51.5 Å². The van der Waals surface area contributed by atoms with Crippen LogP contribution >= 0.6 is 0 Å². The van der Waals surface area contributed by atoms with Gasteiger partial charge in [-0.15, -0.1) is 6.42 Å². The fraction of sp³-hybridized carbons (Fsp3) is 0.286. The third kappa shape index (κ3) is 3.31. The molecule has 0 radical (unpaired) electrons. The number of hydrogen-bond acceptors (Lipinski definition) is 6. The summed E-state index contributed by atoms with van der Waals surface area (Å²) in [6.07, 6.45) is 7.43. The quantitative estimate of drug-likeness (QED) is 0.373. The molecule has 0 aliphatic carbocycles. The Hall–Kier alpha value is -3.80. The van der Waals surface area contributed by atoms with Crippen molar-refractivity contribution in [1.82, 2.24) is 15.3 Å². The van der Waals surface area contributed by atoms with Crippen LogP contribution < -0.4 is 10.2 Å². The van der Waals surface area contributed by atoms with Gasteiger partial charge in [-0.1, -0.05) is 12.0 Å². The van der Waals surface area contributed by atoms with Crippen molar-refractivity contribution in [3.63, 3.8) is 0 Å². The standard InChI is InChI=1S/C28H24F2N4O2/c1-4-18-21(29)6-5-15-7-17(35)9-19(25(15)18)27-26(30)24-13(2)14(3)32-28(20(24)10-31-27)34-11-16-8-23(36)22(12-34)33-16/h1,5-7,9-10,16,22-23,33,35-36H,8,11-12H2,2-3H3/t16-,22-,23-/m1/s1. The molecule has 2 aromatic heterocycles. The molecule has 182 valence electrons. The highest BCUT2D eigenvalue weighted by Crippen LogP contribution is 2.40. The van der Waals surface area contributed by atoms with E-state index in [0.717, 1.165) is 0 Å². The summed E-state index contributed by atoms with van der Waals surface area (Å²) < 4.78 is 31.0. The Labute approximate surface area is 206 Å². The molecule has 3 atom stereocenters. The number of aromatic hydroxyl groups is 1. The highest BCUT2D eigenvalue weighted by molar-refractivity contribution is 6.04. The van der Waals surface area contributed by atoms with Gasteiger partial charge in [0, 0.05) is 52.7 Å². The number of nitrogens with one attached hydrogen (secondary N) is 1. The van der Waals surface area contributed by atoms with Crippen LogP contribution in [0.2, 0.25) is 0 Å². The Balaban J connectivity index is 1.60. The Morgan fingerprint density at radius 1 is 1.17 bits per heavy atom. The number of hydrogen-bond donors (Lipinski definition) is 3. The number of fused-ring (bicyclic) bond motifs is 4. The van der Waals surface area contributed by atoms with Gasteiger partial charge < -0.3 is 20.4 Å². The number of aryl methyl sites for hydroxylation is 2. The van der Waals surface area contributed by atoms with Crippen LogP contribution in [0.4, 0.5) is 14.6 Å². The van der Waals surface area contributed by atoms with Crippen LogP contribution in [0.15, 0.2) is 30.5 Å². The smallest absolute Gasteiger partial charge is 0.157 e. The van der Waals surface area contributed by atoms with Crippen LogP contribution in [-0.2, 0) is 0 Å². The lowest BCUT2D eigenvalue weighted by molar-refractivity contribution is 0.163. The van der Waals surface area contributed by atoms with Crippen molar-refractivity contribution < 1.29 is 19.0 Å². The Morgan fingerprint density at radius 3 is 2.72 bits per heavy atom. The number of aromatic nitrogens is 2. The van der Waals surface area contributed by atoms with Gasteiger partial charge >= 0.3 is 0 Å². The van der Waals surface area contributed by atoms with E-state index in [-0.39, 0.29) is 34.7 Å². The average molecular weight is 487 g/mol. The second-order valence-corrected chi connectivity index (χ2v) is 9.69. The largest absolute Gasteiger partial charge is 0.508 e. The molecular formula is C28H24F2N4O2. The summed E-state index contributed by atoms with van der Waals surface area (Å²) in [5.74, 6) is 1.68. The number of aliphatic hydroxyl groups is 1. The lowest BCUT2D eigenvalue weighted by atomic mass is 9.94. The number of rotatable bonds is 2. The Bertz CT molecular complexity index is 1610. The van der Waals surface area contributed by atoms with Gasteiger partial charge in [0.2, 0.25) is 0 Å². The van der Waals surface area contributed by atoms with Crippen molar-refractivity contribution in [2.75, 3.05) is 18.0 Å². The number of pyridine rings is 2. The first kappa shape index (κ1) is 22.7. The molecule has 3 N–H and O–H groups in total. The van der Waals surface area contributed by atoms with Crippen molar-refractivity contribution in [2.24, 2.45) is 0 Å². The number of benzene rings is 2. The zero-order valence-corrected chi connectivity index (χ0v) is 19.8. The highest BCUT2D eigenvalue weighted by atomic mass is 19.1. The van der Waals surface area contributed by atoms with E-state index >= 15 is 4.39 Å². The number of piperazine rings is 1. The molecular weight excluding hydrogens is 462 g/mol. The van der Waals surface area contributed by atoms with Gasteiger partial charge in [0.25, 0.3) is 0 Å². The van der Waals surface area contributed by atoms with Gasteiger partial charge in [-0.2, -0.15) is 0 Å². The first-order chi connectivity index (χ1) is 17.3. The summed E-state index contributed by atoms with van der Waals surface area (Å²) >= 11 is 0. The minimum absolute atomic E-state index is 0.0121. The van der Waals surface area contributed by atoms with Crippen molar-refractivity contribution >= 4 is 27.4 Å². The van der Waals surface area contributed by atoms with E-state index in [4.69, 9.17) is 11.4 Å². The topological polar surface area (TPSA) is 81.5 Å². The van der Waals surface area contributed by atoms with Crippen molar-refractivity contribution in [2.45, 2.75) is 38.5 Å². The van der Waals surface area contributed by atoms with Gasteiger partial charge in [-0.25, -0.2) is 13.8 Å². The molecule has 0 unspecified atom stereocenters. The maximum Gasteiger partial charge on any atom is 0.157 e. The normalized spacial score (nSPS) is 21.3. The number of phenols is 1. The van der Waals surface area contributed by atoms with Crippen molar-refractivity contribution in [1.29, 1.82) is 0 Å². The molecule has 6 rings (SSSR count). The molecule has 2 saturated heterocycles. The number of aliphatic hydroxyl groups excluding tert-OH is 1. The molecule has 6 nitrogen and oxygen atoms in total. The molecule has 0 amide bonds. The summed E-state index contributed by atoms with van der Waals surface area (Å²) in [7, 11) is 0. The van der Waals surface area contributed by atoms with E-state index in [0.29, 0.717) is 58.1 Å².